The minimum absolute atomic E-state index is 0.0629. The average molecular weight is 469 g/mol. The fraction of sp³-hybridized carbons (Fsp3) is 0.182. The molecule has 4 N–H and O–H groups in total. The lowest BCUT2D eigenvalue weighted by Gasteiger charge is -2.10. The summed E-state index contributed by atoms with van der Waals surface area (Å²) in [5, 5.41) is 8.29. The molecule has 0 aliphatic rings. The number of amides is 2. The van der Waals surface area contributed by atoms with Crippen molar-refractivity contribution in [1.29, 1.82) is 0 Å². The summed E-state index contributed by atoms with van der Waals surface area (Å²) in [4.78, 5) is 32.1. The van der Waals surface area contributed by atoms with Crippen LogP contribution in [0, 0.1) is 6.92 Å². The number of aromatic nitrogens is 2. The molecule has 0 saturated carbocycles. The predicted octanol–water partition coefficient (Wildman–Crippen LogP) is 2.39. The second kappa shape index (κ2) is 10.6. The summed E-state index contributed by atoms with van der Waals surface area (Å²) >= 11 is 0. The number of hydrogen-bond donors (Lipinski definition) is 4. The van der Waals surface area contributed by atoms with Crippen molar-refractivity contribution in [2.75, 3.05) is 28.4 Å². The van der Waals surface area contributed by atoms with Crippen LogP contribution in [-0.2, 0) is 14.8 Å². The first-order chi connectivity index (χ1) is 15.7. The highest BCUT2D eigenvalue weighted by Gasteiger charge is 2.15. The largest absolute Gasteiger partial charge is 0.355 e. The zero-order valence-electron chi connectivity index (χ0n) is 18.1. The Morgan fingerprint density at radius 3 is 2.27 bits per heavy atom. The molecule has 2 amide bonds. The second-order valence-corrected chi connectivity index (χ2v) is 8.76. The molecular formula is C22H24N6O4S. The smallest absolute Gasteiger partial charge is 0.274 e. The van der Waals surface area contributed by atoms with Crippen LogP contribution in [0.2, 0.25) is 0 Å². The van der Waals surface area contributed by atoms with E-state index in [4.69, 9.17) is 0 Å². The molecule has 0 fully saturated rings. The molecule has 3 aromatic rings. The molecule has 1 heterocycles. The summed E-state index contributed by atoms with van der Waals surface area (Å²) in [6.45, 7) is 3.95. The number of aryl methyl sites for hydroxylation is 1. The Kier molecular flexibility index (Phi) is 7.57. The minimum Gasteiger partial charge on any atom is -0.355 e. The Morgan fingerprint density at radius 2 is 1.61 bits per heavy atom. The first-order valence-corrected chi connectivity index (χ1v) is 11.5. The summed E-state index contributed by atoms with van der Waals surface area (Å²) in [6.07, 6.45) is 0. The van der Waals surface area contributed by atoms with Gasteiger partial charge in [-0.3, -0.25) is 14.3 Å². The highest BCUT2D eigenvalue weighted by atomic mass is 32.2. The number of nitrogens with one attached hydrogen (secondary N) is 4. The van der Waals surface area contributed by atoms with Gasteiger partial charge in [-0.15, -0.1) is 0 Å². The van der Waals surface area contributed by atoms with Crippen LogP contribution >= 0.6 is 0 Å². The number of rotatable bonds is 9. The van der Waals surface area contributed by atoms with Crippen LogP contribution in [0.1, 0.15) is 23.1 Å². The van der Waals surface area contributed by atoms with E-state index >= 15 is 0 Å². The molecule has 172 valence electrons. The van der Waals surface area contributed by atoms with Crippen molar-refractivity contribution < 1.29 is 18.0 Å². The van der Waals surface area contributed by atoms with Gasteiger partial charge in [-0.05, 0) is 49.4 Å². The number of sulfonamides is 1. The number of nitrogens with zero attached hydrogens (tertiary/aromatic N) is 2. The third-order valence-corrected chi connectivity index (χ3v) is 5.71. The molecule has 10 nitrogen and oxygen atoms in total. The van der Waals surface area contributed by atoms with Gasteiger partial charge in [-0.2, -0.15) is 0 Å². The first-order valence-electron chi connectivity index (χ1n) is 10.1. The van der Waals surface area contributed by atoms with Gasteiger partial charge in [0.1, 0.15) is 5.69 Å². The zero-order chi connectivity index (χ0) is 23.8. The van der Waals surface area contributed by atoms with Crippen molar-refractivity contribution in [3.05, 3.63) is 72.1 Å². The quantitative estimate of drug-likeness (QED) is 0.353. The molecule has 3 rings (SSSR count). The van der Waals surface area contributed by atoms with E-state index in [1.165, 1.54) is 37.3 Å². The van der Waals surface area contributed by atoms with E-state index in [1.807, 2.05) is 0 Å². The maximum absolute atomic E-state index is 12.6. The summed E-state index contributed by atoms with van der Waals surface area (Å²) in [6, 6.07) is 15.9. The Bertz CT molecular complexity index is 1230. The second-order valence-electron chi connectivity index (χ2n) is 7.08. The lowest BCUT2D eigenvalue weighted by Crippen LogP contribution is -2.27. The highest BCUT2D eigenvalue weighted by Crippen LogP contribution is 2.18. The van der Waals surface area contributed by atoms with E-state index in [-0.39, 0.29) is 22.4 Å². The minimum atomic E-state index is -3.76. The van der Waals surface area contributed by atoms with E-state index in [1.54, 1.807) is 37.3 Å². The molecule has 0 radical (unpaired) electrons. The number of anilines is 3. The van der Waals surface area contributed by atoms with Crippen LogP contribution in [0.3, 0.4) is 0 Å². The highest BCUT2D eigenvalue weighted by molar-refractivity contribution is 7.92. The van der Waals surface area contributed by atoms with Gasteiger partial charge in [-0.1, -0.05) is 18.2 Å². The van der Waals surface area contributed by atoms with Gasteiger partial charge in [0.05, 0.1) is 4.90 Å². The van der Waals surface area contributed by atoms with Crippen molar-refractivity contribution >= 4 is 39.2 Å². The molecular weight excluding hydrogens is 444 g/mol. The zero-order valence-corrected chi connectivity index (χ0v) is 18.9. The van der Waals surface area contributed by atoms with E-state index < -0.39 is 15.9 Å². The normalized spacial score (nSPS) is 10.8. The first kappa shape index (κ1) is 23.7. The molecule has 0 spiro atoms. The molecule has 2 aromatic carbocycles. The van der Waals surface area contributed by atoms with Gasteiger partial charge in [0.15, 0.2) is 0 Å². The van der Waals surface area contributed by atoms with Crippen molar-refractivity contribution in [2.45, 2.75) is 18.7 Å². The predicted molar refractivity (Wildman–Crippen MR) is 126 cm³/mol. The lowest BCUT2D eigenvalue weighted by molar-refractivity contribution is -0.118. The van der Waals surface area contributed by atoms with Gasteiger partial charge in [0, 0.05) is 37.1 Å². The van der Waals surface area contributed by atoms with E-state index in [9.17, 15) is 18.0 Å². The standard InChI is InChI=1S/C22H24N6O4S/c1-15-14-20(27-22(25-15)24-13-12-23-16(2)29)21(30)26-17-8-10-19(11-9-17)33(31,32)28-18-6-4-3-5-7-18/h3-11,14,28H,12-13H2,1-2H3,(H,23,29)(H,26,30)(H,24,25,27). The van der Waals surface area contributed by atoms with Gasteiger partial charge >= 0.3 is 0 Å². The van der Waals surface area contributed by atoms with Crippen LogP contribution in [0.5, 0.6) is 0 Å². The average Bonchev–Trinajstić information content (AvgIpc) is 2.77. The van der Waals surface area contributed by atoms with Crippen molar-refractivity contribution in [3.63, 3.8) is 0 Å². The molecule has 0 aliphatic heterocycles. The van der Waals surface area contributed by atoms with E-state index in [0.717, 1.165) is 0 Å². The number of carbonyl (C=O) groups is 2. The van der Waals surface area contributed by atoms with Gasteiger partial charge in [0.2, 0.25) is 11.9 Å². The van der Waals surface area contributed by atoms with Gasteiger partial charge in [0.25, 0.3) is 15.9 Å². The van der Waals surface area contributed by atoms with Crippen LogP contribution < -0.4 is 20.7 Å². The van der Waals surface area contributed by atoms with E-state index in [2.05, 4.69) is 30.6 Å². The third kappa shape index (κ3) is 7.01. The summed E-state index contributed by atoms with van der Waals surface area (Å²) in [5.74, 6) is -0.348. The topological polar surface area (TPSA) is 142 Å². The molecule has 0 bridgehead atoms. The van der Waals surface area contributed by atoms with Crippen LogP contribution in [-0.4, -0.2) is 43.3 Å². The summed E-state index contributed by atoms with van der Waals surface area (Å²) in [7, 11) is -3.76. The van der Waals surface area contributed by atoms with Crippen molar-refractivity contribution in [3.8, 4) is 0 Å². The van der Waals surface area contributed by atoms with Gasteiger partial charge in [-0.25, -0.2) is 18.4 Å². The van der Waals surface area contributed by atoms with Gasteiger partial charge < -0.3 is 16.0 Å². The Balaban J connectivity index is 1.65. The lowest BCUT2D eigenvalue weighted by atomic mass is 10.3. The fourth-order valence-electron chi connectivity index (χ4n) is 2.81. The molecule has 0 atom stereocenters. The molecule has 1 aromatic heterocycles. The Labute approximate surface area is 191 Å². The molecule has 0 aliphatic carbocycles. The van der Waals surface area contributed by atoms with Crippen LogP contribution in [0.15, 0.2) is 65.6 Å². The Morgan fingerprint density at radius 1 is 0.909 bits per heavy atom. The summed E-state index contributed by atoms with van der Waals surface area (Å²) in [5.41, 5.74) is 1.60. The maximum Gasteiger partial charge on any atom is 0.274 e. The number of hydrogen-bond acceptors (Lipinski definition) is 7. The van der Waals surface area contributed by atoms with E-state index in [0.29, 0.717) is 30.2 Å². The SMILES string of the molecule is CC(=O)NCCNc1nc(C)cc(C(=O)Nc2ccc(S(=O)(=O)Nc3ccccc3)cc2)n1. The maximum atomic E-state index is 12.6. The van der Waals surface area contributed by atoms with Crippen LogP contribution in [0.4, 0.5) is 17.3 Å². The number of carbonyl (C=O) groups excluding carboxylic acids is 2. The number of para-hydroxylation sites is 1. The number of benzene rings is 2. The summed E-state index contributed by atoms with van der Waals surface area (Å²) < 4.78 is 27.6. The Hall–Kier alpha value is -3.99. The molecule has 11 heteroatoms. The van der Waals surface area contributed by atoms with Crippen LogP contribution in [0.25, 0.3) is 0 Å². The monoisotopic (exact) mass is 468 g/mol. The van der Waals surface area contributed by atoms with Crippen molar-refractivity contribution in [2.24, 2.45) is 0 Å². The van der Waals surface area contributed by atoms with Crippen molar-refractivity contribution in [1.82, 2.24) is 15.3 Å². The molecule has 0 unspecified atom stereocenters. The fourth-order valence-corrected chi connectivity index (χ4v) is 3.87. The third-order valence-electron chi connectivity index (χ3n) is 4.32. The molecule has 0 saturated heterocycles. The molecule has 33 heavy (non-hydrogen) atoms.